The summed E-state index contributed by atoms with van der Waals surface area (Å²) in [7, 11) is 0. The molecule has 0 aliphatic carbocycles. The normalized spacial score (nSPS) is 11.6. The second-order valence-corrected chi connectivity index (χ2v) is 9.33. The second kappa shape index (κ2) is 31.6. The molecule has 0 bridgehead atoms. The van der Waals surface area contributed by atoms with Crippen molar-refractivity contribution in [2.45, 2.75) is 168 Å². The van der Waals surface area contributed by atoms with Gasteiger partial charge in [0.05, 0.1) is 6.10 Å². The standard InChI is InChI=1S/C26H54O.H2O.O.Ti/c1-3-5-7-9-11-13-15-17-19-21-23-25-26(27)24-22-20-18-16-14-12-10-8-6-4-2;;;/h26-27H,3-25H2,1-2H3;1H2;;/q;;;+1/p-1. The van der Waals surface area contributed by atoms with E-state index < -0.39 is 19.5 Å². The summed E-state index contributed by atoms with van der Waals surface area (Å²) >= 11 is -1.75. The van der Waals surface area contributed by atoms with Crippen LogP contribution in [0.4, 0.5) is 0 Å². The molecular weight excluding hydrogens is 408 g/mol. The molecule has 0 aromatic heterocycles. The monoisotopic (exact) mass is 463 g/mol. The van der Waals surface area contributed by atoms with E-state index in [1.165, 1.54) is 135 Å². The number of aliphatic hydroxyl groups excluding tert-OH is 1. The number of aliphatic hydroxyl groups is 1. The zero-order valence-electron chi connectivity index (χ0n) is 20.6. The number of hydrogen-bond acceptors (Lipinski definition) is 2. The van der Waals surface area contributed by atoms with Crippen LogP contribution in [-0.2, 0) is 22.8 Å². The van der Waals surface area contributed by atoms with Crippen LogP contribution in [0.3, 0.4) is 0 Å². The molecule has 0 spiro atoms. The Hall–Kier alpha value is 0.434. The van der Waals surface area contributed by atoms with Gasteiger partial charge in [-0.3, -0.25) is 0 Å². The fourth-order valence-electron chi connectivity index (χ4n) is 4.06. The van der Waals surface area contributed by atoms with Gasteiger partial charge in [0.2, 0.25) is 0 Å². The fraction of sp³-hybridized carbons (Fsp3) is 1.00. The number of unbranched alkanes of at least 4 members (excludes halogenated alkanes) is 19. The third kappa shape index (κ3) is 33.1. The van der Waals surface area contributed by atoms with Crippen molar-refractivity contribution in [1.29, 1.82) is 0 Å². The van der Waals surface area contributed by atoms with Crippen LogP contribution in [0.2, 0.25) is 0 Å². The van der Waals surface area contributed by atoms with Gasteiger partial charge in [-0.05, 0) is 12.8 Å². The molecule has 0 aromatic rings. The minimum atomic E-state index is -1.75. The Kier molecular flexibility index (Phi) is 34.4. The first-order valence-electron chi connectivity index (χ1n) is 13.4. The average molecular weight is 464 g/mol. The fourth-order valence-corrected chi connectivity index (χ4v) is 4.06. The molecule has 0 saturated heterocycles. The first kappa shape index (κ1) is 32.6. The zero-order chi connectivity index (χ0) is 22.5. The van der Waals surface area contributed by atoms with E-state index in [-0.39, 0.29) is 6.10 Å². The van der Waals surface area contributed by atoms with Crippen molar-refractivity contribution < 1.29 is 31.6 Å². The first-order chi connectivity index (χ1) is 14.7. The second-order valence-electron chi connectivity index (χ2n) is 9.04. The van der Waals surface area contributed by atoms with Crippen LogP contribution in [0.15, 0.2) is 0 Å². The van der Waals surface area contributed by atoms with Gasteiger partial charge < -0.3 is 5.11 Å². The van der Waals surface area contributed by atoms with Crippen molar-refractivity contribution in [2.75, 3.05) is 0 Å². The van der Waals surface area contributed by atoms with Crippen molar-refractivity contribution in [3.8, 4) is 0 Å². The van der Waals surface area contributed by atoms with E-state index in [0.717, 1.165) is 12.8 Å². The van der Waals surface area contributed by atoms with E-state index in [2.05, 4.69) is 13.8 Å². The van der Waals surface area contributed by atoms with Crippen molar-refractivity contribution in [1.82, 2.24) is 0 Å². The SMILES string of the molecule is CCCCCCCCCCCCCC(O)CCCCCCCCCCCC.[O]=[Ti][OH]. The molecule has 0 aromatic carbocycles. The molecule has 0 fully saturated rings. The van der Waals surface area contributed by atoms with Crippen LogP contribution in [0, 0.1) is 0 Å². The summed E-state index contributed by atoms with van der Waals surface area (Å²) in [6, 6.07) is 0. The molecule has 1 atom stereocenters. The summed E-state index contributed by atoms with van der Waals surface area (Å²) in [5.41, 5.74) is 0. The van der Waals surface area contributed by atoms with Crippen LogP contribution in [0.1, 0.15) is 162 Å². The molecule has 3 nitrogen and oxygen atoms in total. The van der Waals surface area contributed by atoms with Gasteiger partial charge in [-0.25, -0.2) is 0 Å². The molecule has 1 unspecified atom stereocenters. The van der Waals surface area contributed by atoms with Gasteiger partial charge in [0.1, 0.15) is 0 Å². The summed E-state index contributed by atoms with van der Waals surface area (Å²) in [6.45, 7) is 4.57. The van der Waals surface area contributed by atoms with E-state index in [0.29, 0.717) is 0 Å². The summed E-state index contributed by atoms with van der Waals surface area (Å²) < 4.78 is 15.8. The van der Waals surface area contributed by atoms with E-state index >= 15 is 0 Å². The Morgan fingerprint density at radius 1 is 0.500 bits per heavy atom. The summed E-state index contributed by atoms with van der Waals surface area (Å²) in [5.74, 6) is 0. The molecule has 0 saturated carbocycles. The quantitative estimate of drug-likeness (QED) is 0.118. The maximum atomic E-state index is 10.1. The van der Waals surface area contributed by atoms with E-state index in [4.69, 9.17) is 7.01 Å². The van der Waals surface area contributed by atoms with E-state index in [1.54, 1.807) is 0 Å². The van der Waals surface area contributed by atoms with Crippen molar-refractivity contribution in [2.24, 2.45) is 0 Å². The Balaban J connectivity index is 0. The number of hydrogen-bond donors (Lipinski definition) is 2. The van der Waals surface area contributed by atoms with Crippen LogP contribution >= 0.6 is 0 Å². The van der Waals surface area contributed by atoms with Crippen molar-refractivity contribution in [3.63, 3.8) is 0 Å². The van der Waals surface area contributed by atoms with Gasteiger partial charge in [0.15, 0.2) is 0 Å². The van der Waals surface area contributed by atoms with Gasteiger partial charge in [-0.1, -0.05) is 149 Å². The minimum absolute atomic E-state index is 0.0300. The maximum absolute atomic E-state index is 10.1. The molecule has 0 rings (SSSR count). The summed E-state index contributed by atoms with van der Waals surface area (Å²) in [5, 5.41) is 10.1. The van der Waals surface area contributed by atoms with E-state index in [9.17, 15) is 5.11 Å². The molecule has 30 heavy (non-hydrogen) atoms. The molecule has 0 heterocycles. The van der Waals surface area contributed by atoms with E-state index in [1.807, 2.05) is 0 Å². The van der Waals surface area contributed by atoms with Crippen LogP contribution in [-0.4, -0.2) is 14.9 Å². The van der Waals surface area contributed by atoms with Crippen LogP contribution in [0.5, 0.6) is 0 Å². The van der Waals surface area contributed by atoms with Gasteiger partial charge in [0.25, 0.3) is 0 Å². The molecular formula is C26H55O3Ti. The molecule has 0 amide bonds. The molecule has 4 heteroatoms. The Morgan fingerprint density at radius 2 is 0.700 bits per heavy atom. The van der Waals surface area contributed by atoms with Crippen LogP contribution < -0.4 is 0 Å². The Morgan fingerprint density at radius 3 is 0.933 bits per heavy atom. The third-order valence-corrected chi connectivity index (χ3v) is 6.03. The molecule has 0 radical (unpaired) electrons. The van der Waals surface area contributed by atoms with Crippen LogP contribution in [0.25, 0.3) is 0 Å². The first-order valence-corrected chi connectivity index (χ1v) is 14.8. The Labute approximate surface area is 198 Å². The summed E-state index contributed by atoms with van der Waals surface area (Å²) in [6.07, 6.45) is 31.1. The topological polar surface area (TPSA) is 57.5 Å². The zero-order valence-corrected chi connectivity index (χ0v) is 22.2. The van der Waals surface area contributed by atoms with Gasteiger partial charge in [-0.15, -0.1) is 0 Å². The molecule has 2 N–H and O–H groups in total. The van der Waals surface area contributed by atoms with Gasteiger partial charge in [-0.2, -0.15) is 0 Å². The predicted octanol–water partition coefficient (Wildman–Crippen LogP) is 8.68. The summed E-state index contributed by atoms with van der Waals surface area (Å²) in [4.78, 5) is 0. The third-order valence-electron chi connectivity index (χ3n) is 6.03. The molecule has 181 valence electrons. The van der Waals surface area contributed by atoms with Crippen molar-refractivity contribution in [3.05, 3.63) is 0 Å². The Bertz CT molecular complexity index is 300. The number of rotatable bonds is 23. The molecule has 0 aliphatic heterocycles. The molecule has 0 aliphatic rings. The average Bonchev–Trinajstić information content (AvgIpc) is 2.74. The van der Waals surface area contributed by atoms with Gasteiger partial charge >= 0.3 is 26.5 Å². The predicted molar refractivity (Wildman–Crippen MR) is 126 cm³/mol. The van der Waals surface area contributed by atoms with Crippen molar-refractivity contribution >= 4 is 0 Å². The van der Waals surface area contributed by atoms with Gasteiger partial charge in [0, 0.05) is 0 Å².